The van der Waals surface area contributed by atoms with Crippen molar-refractivity contribution in [1.82, 2.24) is 0 Å². The molecule has 0 bridgehead atoms. The molecule has 0 atom stereocenters. The Balaban J connectivity index is 0.000000196. The molecule has 184 valence electrons. The first kappa shape index (κ1) is 30.1. The number of halogens is 4. The van der Waals surface area contributed by atoms with E-state index in [1.807, 2.05) is 0 Å². The number of benzene rings is 2. The minimum atomic E-state index is -1.65. The molecule has 4 rings (SSSR count). The summed E-state index contributed by atoms with van der Waals surface area (Å²) in [6.07, 6.45) is 0. The van der Waals surface area contributed by atoms with E-state index in [0.29, 0.717) is 11.8 Å². The molecule has 4 aromatic carbocycles. The largest absolute Gasteiger partial charge is 0.153 e. The molecule has 6 heteroatoms. The van der Waals surface area contributed by atoms with Gasteiger partial charge >= 0.3 is 53.5 Å². The third-order valence-corrected chi connectivity index (χ3v) is 26.7. The number of alkyl halides is 2. The van der Waals surface area contributed by atoms with Gasteiger partial charge in [-0.15, -0.1) is 91.3 Å². The Labute approximate surface area is 230 Å². The molecule has 0 nitrogen and oxygen atoms in total. The maximum Gasteiger partial charge on any atom is 0.0387 e. The summed E-state index contributed by atoms with van der Waals surface area (Å²) in [5.41, 5.74) is 10.4. The van der Waals surface area contributed by atoms with E-state index >= 15 is 0 Å². The van der Waals surface area contributed by atoms with Gasteiger partial charge in [0.1, 0.15) is 0 Å². The van der Waals surface area contributed by atoms with Crippen LogP contribution >= 0.6 is 40.2 Å². The smallest absolute Gasteiger partial charge is 0.0387 e. The molecular formula is C28H34Cl4SiZr-2. The zero-order valence-electron chi connectivity index (χ0n) is 21.4. The van der Waals surface area contributed by atoms with E-state index in [1.54, 1.807) is 0 Å². The van der Waals surface area contributed by atoms with E-state index < -0.39 is 18.0 Å². The van der Waals surface area contributed by atoms with E-state index in [0.717, 1.165) is 0 Å². The predicted molar refractivity (Wildman–Crippen MR) is 156 cm³/mol. The molecule has 34 heavy (non-hydrogen) atoms. The van der Waals surface area contributed by atoms with Crippen molar-refractivity contribution in [2.45, 2.75) is 66.4 Å². The Bertz CT molecular complexity index is 1220. The van der Waals surface area contributed by atoms with E-state index in [2.05, 4.69) is 91.0 Å². The number of hydrogen-bond donors (Lipinski definition) is 0. The molecule has 4 aromatic rings. The van der Waals surface area contributed by atoms with Crippen molar-refractivity contribution < 1.29 is 18.0 Å². The second kappa shape index (κ2) is 13.5. The number of aryl methyl sites for hydroxylation is 6. The third-order valence-electron chi connectivity index (χ3n) is 6.42. The van der Waals surface area contributed by atoms with Crippen LogP contribution in [0.15, 0.2) is 36.4 Å². The van der Waals surface area contributed by atoms with Gasteiger partial charge in [-0.1, -0.05) is 64.8 Å². The molecule has 0 unspecified atom stereocenters. The first-order valence-electron chi connectivity index (χ1n) is 11.3. The second-order valence-electron chi connectivity index (χ2n) is 9.09. The summed E-state index contributed by atoms with van der Waals surface area (Å²) in [7, 11) is 11.2. The Kier molecular flexibility index (Phi) is 11.9. The van der Waals surface area contributed by atoms with Gasteiger partial charge in [0.25, 0.3) is 0 Å². The fourth-order valence-corrected chi connectivity index (χ4v) is 4.51. The molecule has 0 amide bonds. The number of fused-ring (bicyclic) bond motifs is 2. The zero-order valence-corrected chi connectivity index (χ0v) is 27.9. The Morgan fingerprint density at radius 2 is 1.00 bits per heavy atom. The average molecular weight is 632 g/mol. The van der Waals surface area contributed by atoms with E-state index in [9.17, 15) is 0 Å². The maximum atomic E-state index is 5.94. The maximum absolute atomic E-state index is 5.94. The van der Waals surface area contributed by atoms with Crippen LogP contribution in [0.2, 0.25) is 13.1 Å². The van der Waals surface area contributed by atoms with Crippen LogP contribution in [0.1, 0.15) is 44.5 Å². The second-order valence-corrected chi connectivity index (χ2v) is 32.6. The monoisotopic (exact) mass is 628 g/mol. The minimum Gasteiger partial charge on any atom is -0.153 e. The summed E-state index contributed by atoms with van der Waals surface area (Å²) in [6, 6.07) is 13.1. The molecule has 0 heterocycles. The van der Waals surface area contributed by atoms with Crippen molar-refractivity contribution in [3.05, 3.63) is 80.9 Å². The Hall–Kier alpha value is -0.0800. The van der Waals surface area contributed by atoms with Crippen molar-refractivity contribution in [2.24, 2.45) is 0 Å². The van der Waals surface area contributed by atoms with Crippen molar-refractivity contribution >= 4 is 67.2 Å². The average Bonchev–Trinajstić information content (AvgIpc) is 3.27. The van der Waals surface area contributed by atoms with Gasteiger partial charge in [-0.3, -0.25) is 0 Å². The molecule has 0 aromatic heterocycles. The van der Waals surface area contributed by atoms with Gasteiger partial charge < -0.3 is 0 Å². The Morgan fingerprint density at radius 3 is 1.26 bits per heavy atom. The SMILES string of the molecule is C[Si](C)=[Zr]([Cl])[Cl].Cc1[cH-]c2c(C)ccc(CCl)c2c1C.Cc1[cH-]c2c(C)ccc(CCl)c2c1C. The molecule has 0 spiro atoms. The predicted octanol–water partition coefficient (Wildman–Crippen LogP) is 10.6. The summed E-state index contributed by atoms with van der Waals surface area (Å²) in [5.74, 6) is 1.20. The van der Waals surface area contributed by atoms with Gasteiger partial charge in [-0.2, -0.15) is 11.1 Å². The molecule has 0 aliphatic heterocycles. The van der Waals surface area contributed by atoms with Crippen LogP contribution in [-0.4, -0.2) is 5.43 Å². The van der Waals surface area contributed by atoms with Crippen LogP contribution in [0.25, 0.3) is 21.5 Å². The van der Waals surface area contributed by atoms with E-state index in [1.165, 1.54) is 66.1 Å². The fourth-order valence-electron chi connectivity index (χ4n) is 4.06. The van der Waals surface area contributed by atoms with Gasteiger partial charge in [0, 0.05) is 11.8 Å². The van der Waals surface area contributed by atoms with Crippen molar-refractivity contribution in [3.8, 4) is 0 Å². The van der Waals surface area contributed by atoms with Gasteiger partial charge in [-0.25, -0.2) is 0 Å². The number of hydrogen-bond acceptors (Lipinski definition) is 0. The molecule has 0 aliphatic carbocycles. The van der Waals surface area contributed by atoms with Crippen LogP contribution in [-0.2, 0) is 29.7 Å². The summed E-state index contributed by atoms with van der Waals surface area (Å²) in [6.45, 7) is 17.3. The van der Waals surface area contributed by atoms with Crippen molar-refractivity contribution in [3.63, 3.8) is 0 Å². The van der Waals surface area contributed by atoms with Crippen LogP contribution < -0.4 is 0 Å². The summed E-state index contributed by atoms with van der Waals surface area (Å²) in [4.78, 5) is 0. The van der Waals surface area contributed by atoms with Crippen molar-refractivity contribution in [2.75, 3.05) is 0 Å². The van der Waals surface area contributed by atoms with Crippen LogP contribution in [0.5, 0.6) is 0 Å². The van der Waals surface area contributed by atoms with Crippen LogP contribution in [0.3, 0.4) is 0 Å². The van der Waals surface area contributed by atoms with Gasteiger partial charge in [0.05, 0.1) is 0 Å². The molecule has 0 radical (unpaired) electrons. The quantitative estimate of drug-likeness (QED) is 0.117. The molecular weight excluding hydrogens is 597 g/mol. The van der Waals surface area contributed by atoms with Gasteiger partial charge in [0.15, 0.2) is 0 Å². The molecule has 0 saturated carbocycles. The van der Waals surface area contributed by atoms with E-state index in [4.69, 9.17) is 40.2 Å². The van der Waals surface area contributed by atoms with Gasteiger partial charge in [-0.05, 0) is 0 Å². The third kappa shape index (κ3) is 7.02. The Morgan fingerprint density at radius 1 is 0.676 bits per heavy atom. The number of rotatable bonds is 2. The molecule has 0 N–H and O–H groups in total. The standard InChI is InChI=1S/2C13H14Cl.C2H6Si.2ClH.Zr/c2*1-8-4-5-11(7-14)13-10(3)9(2)6-12(8)13;1-3-2;;;/h2*4-6H,7H2,1-3H3;1-2H3;2*1H;/q2*-1;;;;+2/p-2. The summed E-state index contributed by atoms with van der Waals surface area (Å²) >= 11 is 10.2. The van der Waals surface area contributed by atoms with Gasteiger partial charge in [0.2, 0.25) is 0 Å². The zero-order chi connectivity index (χ0) is 25.7. The summed E-state index contributed by atoms with van der Waals surface area (Å²) in [5, 5.41) is 5.44. The van der Waals surface area contributed by atoms with E-state index in [-0.39, 0.29) is 5.43 Å². The minimum absolute atomic E-state index is 0.224. The van der Waals surface area contributed by atoms with Crippen molar-refractivity contribution in [1.29, 1.82) is 0 Å². The van der Waals surface area contributed by atoms with Crippen LogP contribution in [0, 0.1) is 41.5 Å². The summed E-state index contributed by atoms with van der Waals surface area (Å²) < 4.78 is 0. The fraction of sp³-hybridized carbons (Fsp3) is 0.357. The molecule has 0 fully saturated rings. The topological polar surface area (TPSA) is 0 Å². The molecule has 0 saturated heterocycles. The first-order chi connectivity index (χ1) is 15.9. The molecule has 0 aliphatic rings. The van der Waals surface area contributed by atoms with Crippen LogP contribution in [0.4, 0.5) is 0 Å². The normalized spacial score (nSPS) is 10.6. The first-order valence-corrected chi connectivity index (χ1v) is 24.9.